The smallest absolute Gasteiger partial charge is 0.340 e. The van der Waals surface area contributed by atoms with Crippen LogP contribution in [0.5, 0.6) is 0 Å². The Kier molecular flexibility index (Phi) is 11.7. The van der Waals surface area contributed by atoms with Crippen molar-refractivity contribution in [3.63, 3.8) is 0 Å². The summed E-state index contributed by atoms with van der Waals surface area (Å²) in [4.78, 5) is 26.3. The molecular formula is C15H28O7S. The lowest BCUT2D eigenvalue weighted by Gasteiger charge is -2.13. The van der Waals surface area contributed by atoms with Gasteiger partial charge in [0.2, 0.25) is 0 Å². The lowest BCUT2D eigenvalue weighted by Crippen LogP contribution is -2.33. The standard InChI is InChI=1S/C15H28O7S/c1-4-5-6-7-8-9-10-11-12-14(15(17)20-3)23(18,19)22-21-13(2)16/h14H,4-12H2,1-3H3. The van der Waals surface area contributed by atoms with E-state index >= 15 is 0 Å². The van der Waals surface area contributed by atoms with Crippen molar-refractivity contribution in [2.75, 3.05) is 7.11 Å². The maximum absolute atomic E-state index is 11.9. The van der Waals surface area contributed by atoms with Crippen LogP contribution in [0.1, 0.15) is 71.6 Å². The van der Waals surface area contributed by atoms with Gasteiger partial charge in [0, 0.05) is 6.92 Å². The molecule has 0 radical (unpaired) electrons. The summed E-state index contributed by atoms with van der Waals surface area (Å²) in [5.41, 5.74) is 0. The van der Waals surface area contributed by atoms with Crippen LogP contribution in [0.4, 0.5) is 0 Å². The lowest BCUT2D eigenvalue weighted by molar-refractivity contribution is -0.209. The number of hydrogen-bond acceptors (Lipinski definition) is 7. The van der Waals surface area contributed by atoms with Crippen LogP contribution in [0.2, 0.25) is 0 Å². The monoisotopic (exact) mass is 352 g/mol. The molecule has 23 heavy (non-hydrogen) atoms. The molecule has 0 amide bonds. The molecule has 8 heteroatoms. The van der Waals surface area contributed by atoms with E-state index in [-0.39, 0.29) is 6.42 Å². The first-order valence-corrected chi connectivity index (χ1v) is 9.50. The number of rotatable bonds is 13. The normalized spacial score (nSPS) is 12.7. The summed E-state index contributed by atoms with van der Waals surface area (Å²) in [6.45, 7) is 3.16. The molecule has 7 nitrogen and oxygen atoms in total. The van der Waals surface area contributed by atoms with Crippen molar-refractivity contribution in [3.05, 3.63) is 0 Å². The SMILES string of the molecule is CCCCCCCCCCC(C(=O)OC)S(=O)(=O)OOC(C)=O. The summed E-state index contributed by atoms with van der Waals surface area (Å²) in [5, 5.41) is -1.48. The highest BCUT2D eigenvalue weighted by atomic mass is 32.2. The first-order valence-electron chi connectivity index (χ1n) is 8.03. The highest BCUT2D eigenvalue weighted by molar-refractivity contribution is 7.88. The second-order valence-electron chi connectivity index (χ2n) is 5.41. The van der Waals surface area contributed by atoms with Gasteiger partial charge in [0.1, 0.15) is 0 Å². The Morgan fingerprint density at radius 2 is 1.48 bits per heavy atom. The summed E-state index contributed by atoms with van der Waals surface area (Å²) in [6, 6.07) is 0. The Morgan fingerprint density at radius 1 is 0.957 bits per heavy atom. The van der Waals surface area contributed by atoms with Crippen LogP contribution < -0.4 is 0 Å². The molecule has 0 aliphatic heterocycles. The Morgan fingerprint density at radius 3 is 1.96 bits per heavy atom. The lowest BCUT2D eigenvalue weighted by atomic mass is 10.1. The number of carbonyl (C=O) groups excluding carboxylic acids is 2. The van der Waals surface area contributed by atoms with Gasteiger partial charge >= 0.3 is 22.1 Å². The van der Waals surface area contributed by atoms with Gasteiger partial charge in [-0.3, -0.25) is 9.68 Å². The van der Waals surface area contributed by atoms with E-state index in [1.165, 1.54) is 25.7 Å². The zero-order chi connectivity index (χ0) is 17.7. The number of methoxy groups -OCH3 is 1. The topological polar surface area (TPSA) is 96.0 Å². The second kappa shape index (κ2) is 12.3. The van der Waals surface area contributed by atoms with Crippen molar-refractivity contribution in [3.8, 4) is 0 Å². The number of unbranched alkanes of at least 4 members (excludes halogenated alkanes) is 7. The molecular weight excluding hydrogens is 324 g/mol. The fourth-order valence-corrected chi connectivity index (χ4v) is 3.19. The van der Waals surface area contributed by atoms with Crippen molar-refractivity contribution in [2.45, 2.75) is 76.9 Å². The summed E-state index contributed by atoms with van der Waals surface area (Å²) in [6.07, 6.45) is 8.34. The maximum Gasteiger partial charge on any atom is 0.340 e. The highest BCUT2D eigenvalue weighted by Gasteiger charge is 2.36. The molecule has 0 aliphatic carbocycles. The average Bonchev–Trinajstić information content (AvgIpc) is 2.50. The summed E-state index contributed by atoms with van der Waals surface area (Å²) in [7, 11) is -3.25. The molecule has 0 aromatic rings. The zero-order valence-electron chi connectivity index (χ0n) is 14.2. The first-order chi connectivity index (χ1) is 10.8. The molecule has 0 aromatic heterocycles. The van der Waals surface area contributed by atoms with Crippen LogP contribution in [0, 0.1) is 0 Å². The van der Waals surface area contributed by atoms with Gasteiger partial charge in [0.05, 0.1) is 7.11 Å². The van der Waals surface area contributed by atoms with Gasteiger partial charge in [-0.05, 0) is 6.42 Å². The largest absolute Gasteiger partial charge is 0.468 e. The van der Waals surface area contributed by atoms with E-state index in [1.807, 2.05) is 0 Å². The van der Waals surface area contributed by atoms with Crippen molar-refractivity contribution in [1.82, 2.24) is 0 Å². The number of ether oxygens (including phenoxy) is 1. The minimum Gasteiger partial charge on any atom is -0.468 e. The Balaban J connectivity index is 4.26. The van der Waals surface area contributed by atoms with E-state index in [0.29, 0.717) is 6.42 Å². The van der Waals surface area contributed by atoms with E-state index in [9.17, 15) is 18.0 Å². The van der Waals surface area contributed by atoms with E-state index in [0.717, 1.165) is 33.3 Å². The average molecular weight is 352 g/mol. The summed E-state index contributed by atoms with van der Waals surface area (Å²) >= 11 is 0. The van der Waals surface area contributed by atoms with Gasteiger partial charge in [-0.15, -0.1) is 0 Å². The molecule has 0 saturated heterocycles. The molecule has 0 spiro atoms. The molecule has 136 valence electrons. The molecule has 0 bridgehead atoms. The number of esters is 1. The highest BCUT2D eigenvalue weighted by Crippen LogP contribution is 2.17. The molecule has 1 atom stereocenters. The molecule has 0 N–H and O–H groups in total. The van der Waals surface area contributed by atoms with E-state index in [4.69, 9.17) is 0 Å². The molecule has 0 heterocycles. The van der Waals surface area contributed by atoms with Crippen LogP contribution in [0.25, 0.3) is 0 Å². The van der Waals surface area contributed by atoms with E-state index in [2.05, 4.69) is 20.9 Å². The third-order valence-corrected chi connectivity index (χ3v) is 4.76. The van der Waals surface area contributed by atoms with Crippen molar-refractivity contribution in [1.29, 1.82) is 0 Å². The van der Waals surface area contributed by atoms with E-state index in [1.54, 1.807) is 0 Å². The predicted octanol–water partition coefficient (Wildman–Crippen LogP) is 2.88. The number of carbonyl (C=O) groups is 2. The van der Waals surface area contributed by atoms with Crippen LogP contribution in [-0.4, -0.2) is 32.7 Å². The van der Waals surface area contributed by atoms with Crippen molar-refractivity contribution >= 4 is 22.1 Å². The third-order valence-electron chi connectivity index (χ3n) is 3.38. The number of hydrogen-bond donors (Lipinski definition) is 0. The van der Waals surface area contributed by atoms with E-state index < -0.39 is 27.3 Å². The molecule has 0 aromatic carbocycles. The van der Waals surface area contributed by atoms with Gasteiger partial charge in [-0.2, -0.15) is 8.42 Å². The first kappa shape index (κ1) is 21.9. The summed E-state index contributed by atoms with van der Waals surface area (Å²) in [5.74, 6) is -1.83. The minimum absolute atomic E-state index is 0.0746. The fourth-order valence-electron chi connectivity index (χ4n) is 2.12. The molecule has 0 fully saturated rings. The quantitative estimate of drug-likeness (QED) is 0.218. The minimum atomic E-state index is -4.35. The summed E-state index contributed by atoms with van der Waals surface area (Å²) < 4.78 is 32.4. The molecule has 0 aliphatic rings. The van der Waals surface area contributed by atoms with Gasteiger partial charge in [-0.1, -0.05) is 62.6 Å². The zero-order valence-corrected chi connectivity index (χ0v) is 15.0. The van der Waals surface area contributed by atoms with Crippen LogP contribution in [0.3, 0.4) is 0 Å². The van der Waals surface area contributed by atoms with Gasteiger partial charge in [0.25, 0.3) is 0 Å². The molecule has 0 rings (SSSR count). The van der Waals surface area contributed by atoms with Crippen LogP contribution in [-0.2, 0) is 33.7 Å². The van der Waals surface area contributed by atoms with Gasteiger partial charge in [-0.25, -0.2) is 4.79 Å². The van der Waals surface area contributed by atoms with Gasteiger partial charge in [0.15, 0.2) is 5.25 Å². The Labute approximate surface area is 138 Å². The molecule has 0 saturated carbocycles. The Bertz CT molecular complexity index is 445. The van der Waals surface area contributed by atoms with Crippen LogP contribution in [0.15, 0.2) is 0 Å². The third kappa shape index (κ3) is 10.3. The Hall–Kier alpha value is -1.15. The van der Waals surface area contributed by atoms with Crippen LogP contribution >= 0.6 is 0 Å². The predicted molar refractivity (Wildman–Crippen MR) is 84.8 cm³/mol. The van der Waals surface area contributed by atoms with Gasteiger partial charge < -0.3 is 4.74 Å². The second-order valence-corrected chi connectivity index (χ2v) is 7.10. The van der Waals surface area contributed by atoms with Crippen molar-refractivity contribution < 1.29 is 32.0 Å². The molecule has 1 unspecified atom stereocenters. The fraction of sp³-hybridized carbons (Fsp3) is 0.867. The maximum atomic E-state index is 11.9. The van der Waals surface area contributed by atoms with Crippen molar-refractivity contribution in [2.24, 2.45) is 0 Å².